The highest BCUT2D eigenvalue weighted by molar-refractivity contribution is 7.80. The monoisotopic (exact) mass is 404 g/mol. The van der Waals surface area contributed by atoms with E-state index in [0.717, 1.165) is 29.5 Å². The van der Waals surface area contributed by atoms with Crippen LogP contribution in [0.5, 0.6) is 0 Å². The van der Waals surface area contributed by atoms with Gasteiger partial charge in [0.15, 0.2) is 0 Å². The van der Waals surface area contributed by atoms with Crippen LogP contribution in [0.2, 0.25) is 0 Å². The maximum atomic E-state index is 4.15. The summed E-state index contributed by atoms with van der Waals surface area (Å²) in [5.74, 6) is 0.740. The largest absolute Gasteiger partial charge is 0.347 e. The van der Waals surface area contributed by atoms with Crippen LogP contribution in [0.25, 0.3) is 22.0 Å². The molecule has 0 saturated carbocycles. The molecule has 0 amide bonds. The first-order chi connectivity index (χ1) is 14.1. The number of H-pyrrole nitrogens is 1. The van der Waals surface area contributed by atoms with Gasteiger partial charge in [-0.25, -0.2) is 0 Å². The van der Waals surface area contributed by atoms with Gasteiger partial charge in [-0.2, -0.15) is 5.10 Å². The first kappa shape index (κ1) is 19.8. The molecule has 2 unspecified atom stereocenters. The van der Waals surface area contributed by atoms with Crippen LogP contribution in [0.1, 0.15) is 18.9 Å². The van der Waals surface area contributed by atoms with Crippen molar-refractivity contribution in [2.45, 2.75) is 37.8 Å². The zero-order valence-electron chi connectivity index (χ0n) is 17.0. The van der Waals surface area contributed by atoms with Crippen molar-refractivity contribution in [1.29, 1.82) is 0 Å². The lowest BCUT2D eigenvalue weighted by atomic mass is 10.1. The molecule has 29 heavy (non-hydrogen) atoms. The van der Waals surface area contributed by atoms with Crippen molar-refractivity contribution >= 4 is 23.5 Å². The average Bonchev–Trinajstić information content (AvgIpc) is 3.44. The normalized spacial score (nSPS) is 18.6. The summed E-state index contributed by atoms with van der Waals surface area (Å²) in [4.78, 5) is 1.03. The highest BCUT2D eigenvalue weighted by Crippen LogP contribution is 2.26. The van der Waals surface area contributed by atoms with Gasteiger partial charge in [-0.05, 0) is 68.6 Å². The maximum Gasteiger partial charge on any atom is 0.0565 e. The quantitative estimate of drug-likeness (QED) is 0.405. The number of thiol groups is 1. The van der Waals surface area contributed by atoms with Gasteiger partial charge in [0.1, 0.15) is 0 Å². The molecular weight excluding hydrogens is 376 g/mol. The molecule has 1 fully saturated rings. The molecule has 5 rings (SSSR count). The molecule has 4 nitrogen and oxygen atoms in total. The van der Waals surface area contributed by atoms with Gasteiger partial charge >= 0.3 is 0 Å². The molecule has 0 aliphatic carbocycles. The Balaban J connectivity index is 0.000000216. The number of aromatic amines is 1. The van der Waals surface area contributed by atoms with E-state index < -0.39 is 0 Å². The third-order valence-corrected chi connectivity index (χ3v) is 5.78. The second-order valence-corrected chi connectivity index (χ2v) is 8.50. The second-order valence-electron chi connectivity index (χ2n) is 7.98. The molecular formula is C24H28N4S. The van der Waals surface area contributed by atoms with Gasteiger partial charge < -0.3 is 9.88 Å². The molecule has 150 valence electrons. The minimum atomic E-state index is 0.657. The van der Waals surface area contributed by atoms with E-state index in [9.17, 15) is 0 Å². The fourth-order valence-corrected chi connectivity index (χ4v) is 4.32. The summed E-state index contributed by atoms with van der Waals surface area (Å²) in [5.41, 5.74) is 4.93. The number of rotatable bonds is 3. The third-order valence-electron chi connectivity index (χ3n) is 5.50. The SMILES string of the molecule is CC1CC(Cn2ccc3cc(-c4cn[nH]c4)ccc32)CN1.Cc1cccc(S)c1. The summed E-state index contributed by atoms with van der Waals surface area (Å²) in [7, 11) is 0. The second kappa shape index (κ2) is 8.89. The van der Waals surface area contributed by atoms with E-state index in [4.69, 9.17) is 0 Å². The van der Waals surface area contributed by atoms with E-state index in [1.807, 2.05) is 30.6 Å². The van der Waals surface area contributed by atoms with Crippen molar-refractivity contribution in [3.05, 3.63) is 72.7 Å². The smallest absolute Gasteiger partial charge is 0.0565 e. The Kier molecular flexibility index (Phi) is 6.07. The van der Waals surface area contributed by atoms with E-state index in [2.05, 4.69) is 83.1 Å². The van der Waals surface area contributed by atoms with Crippen LogP contribution in [0.3, 0.4) is 0 Å². The van der Waals surface area contributed by atoms with Crippen molar-refractivity contribution < 1.29 is 0 Å². The molecule has 3 heterocycles. The van der Waals surface area contributed by atoms with Crippen molar-refractivity contribution in [1.82, 2.24) is 20.1 Å². The van der Waals surface area contributed by atoms with E-state index in [1.54, 1.807) is 0 Å². The zero-order valence-corrected chi connectivity index (χ0v) is 17.9. The van der Waals surface area contributed by atoms with Gasteiger partial charge in [-0.15, -0.1) is 12.6 Å². The van der Waals surface area contributed by atoms with Crippen LogP contribution in [-0.2, 0) is 6.54 Å². The fraction of sp³-hybridized carbons (Fsp3) is 0.292. The Morgan fingerprint density at radius 2 is 2.03 bits per heavy atom. The Labute approximate surface area is 177 Å². The lowest BCUT2D eigenvalue weighted by Crippen LogP contribution is -2.17. The zero-order chi connectivity index (χ0) is 20.2. The predicted octanol–water partition coefficient (Wildman–Crippen LogP) is 5.31. The molecule has 1 aliphatic rings. The Hall–Kier alpha value is -2.50. The molecule has 1 aliphatic heterocycles. The van der Waals surface area contributed by atoms with Crippen LogP contribution in [-0.4, -0.2) is 27.4 Å². The number of hydrogen-bond donors (Lipinski definition) is 3. The summed E-state index contributed by atoms with van der Waals surface area (Å²) >= 11 is 4.15. The molecule has 1 saturated heterocycles. The average molecular weight is 405 g/mol. The minimum absolute atomic E-state index is 0.657. The number of fused-ring (bicyclic) bond motifs is 1. The van der Waals surface area contributed by atoms with E-state index >= 15 is 0 Å². The summed E-state index contributed by atoms with van der Waals surface area (Å²) < 4.78 is 2.39. The van der Waals surface area contributed by atoms with Gasteiger partial charge in [0.05, 0.1) is 6.20 Å². The van der Waals surface area contributed by atoms with Gasteiger partial charge in [0.25, 0.3) is 0 Å². The Morgan fingerprint density at radius 3 is 2.69 bits per heavy atom. The fourth-order valence-electron chi connectivity index (χ4n) is 4.03. The number of nitrogens with zero attached hydrogens (tertiary/aromatic N) is 2. The molecule has 0 bridgehead atoms. The number of aryl methyl sites for hydroxylation is 1. The van der Waals surface area contributed by atoms with Crippen molar-refractivity contribution in [2.24, 2.45) is 5.92 Å². The Morgan fingerprint density at radius 1 is 1.14 bits per heavy atom. The van der Waals surface area contributed by atoms with Gasteiger partial charge in [-0.3, -0.25) is 5.10 Å². The molecule has 0 radical (unpaired) electrons. The standard InChI is InChI=1S/C17H20N4.C7H8S/c1-12-6-13(8-18-12)11-21-5-4-15-7-14(2-3-17(15)21)16-9-19-20-10-16;1-6-3-2-4-7(8)5-6/h2-5,7,9-10,12-13,18H,6,8,11H2,1H3,(H,19,20);2-5,8H,1H3. The van der Waals surface area contributed by atoms with E-state index in [0.29, 0.717) is 6.04 Å². The lowest BCUT2D eigenvalue weighted by Gasteiger charge is -2.11. The van der Waals surface area contributed by atoms with Crippen LogP contribution in [0.4, 0.5) is 0 Å². The molecule has 2 aromatic heterocycles. The van der Waals surface area contributed by atoms with Crippen LogP contribution < -0.4 is 5.32 Å². The number of aromatic nitrogens is 3. The Bertz CT molecular complexity index is 1050. The number of benzene rings is 2. The number of nitrogens with one attached hydrogen (secondary N) is 2. The van der Waals surface area contributed by atoms with Gasteiger partial charge in [0, 0.05) is 46.3 Å². The minimum Gasteiger partial charge on any atom is -0.347 e. The topological polar surface area (TPSA) is 45.6 Å². The van der Waals surface area contributed by atoms with Crippen LogP contribution in [0.15, 0.2) is 72.0 Å². The highest BCUT2D eigenvalue weighted by atomic mass is 32.1. The molecule has 2 atom stereocenters. The molecule has 0 spiro atoms. The first-order valence-corrected chi connectivity index (χ1v) is 10.6. The molecule has 2 N–H and O–H groups in total. The summed E-state index contributed by atoms with van der Waals surface area (Å²) in [6.45, 7) is 6.56. The van der Waals surface area contributed by atoms with Crippen LogP contribution >= 0.6 is 12.6 Å². The number of hydrogen-bond acceptors (Lipinski definition) is 3. The van der Waals surface area contributed by atoms with E-state index in [-0.39, 0.29) is 0 Å². The summed E-state index contributed by atoms with van der Waals surface area (Å²) in [6.07, 6.45) is 7.28. The van der Waals surface area contributed by atoms with Crippen molar-refractivity contribution in [3.8, 4) is 11.1 Å². The van der Waals surface area contributed by atoms with Gasteiger partial charge in [-0.1, -0.05) is 23.8 Å². The van der Waals surface area contributed by atoms with Crippen molar-refractivity contribution in [2.75, 3.05) is 6.54 Å². The third kappa shape index (κ3) is 4.92. The predicted molar refractivity (Wildman–Crippen MR) is 124 cm³/mol. The summed E-state index contributed by atoms with van der Waals surface area (Å²) in [5, 5.41) is 11.7. The summed E-state index contributed by atoms with van der Waals surface area (Å²) in [6, 6.07) is 17.6. The first-order valence-electron chi connectivity index (χ1n) is 10.2. The highest BCUT2D eigenvalue weighted by Gasteiger charge is 2.21. The van der Waals surface area contributed by atoms with Crippen molar-refractivity contribution in [3.63, 3.8) is 0 Å². The molecule has 5 heteroatoms. The molecule has 4 aromatic rings. The maximum absolute atomic E-state index is 4.15. The lowest BCUT2D eigenvalue weighted by molar-refractivity contribution is 0.483. The van der Waals surface area contributed by atoms with E-state index in [1.165, 1.54) is 28.5 Å². The molecule has 2 aromatic carbocycles. The van der Waals surface area contributed by atoms with Crippen LogP contribution in [0, 0.1) is 12.8 Å². The van der Waals surface area contributed by atoms with Gasteiger partial charge in [0.2, 0.25) is 0 Å².